The van der Waals surface area contributed by atoms with Crippen molar-refractivity contribution in [3.05, 3.63) is 28.5 Å². The predicted octanol–water partition coefficient (Wildman–Crippen LogP) is 2.09. The lowest BCUT2D eigenvalue weighted by atomic mass is 10.2. The summed E-state index contributed by atoms with van der Waals surface area (Å²) in [6.07, 6.45) is -2.56. The maximum absolute atomic E-state index is 12.3. The van der Waals surface area contributed by atoms with Crippen LogP contribution in [0.2, 0.25) is 5.15 Å². The highest BCUT2D eigenvalue weighted by Crippen LogP contribution is 2.20. The molecule has 0 fully saturated rings. The zero-order chi connectivity index (χ0) is 11.4. The van der Waals surface area contributed by atoms with Gasteiger partial charge in [0.05, 0.1) is 0 Å². The van der Waals surface area contributed by atoms with Crippen molar-refractivity contribution in [3.8, 4) is 0 Å². The summed E-state index contributed by atoms with van der Waals surface area (Å²) in [5.41, 5.74) is 0.00341. The second-order valence-corrected chi connectivity index (χ2v) is 4.18. The van der Waals surface area contributed by atoms with Crippen LogP contribution in [0.25, 0.3) is 0 Å². The molecular formula is C8H7ClF2NO2S-. The standard InChI is InChI=1S/C8H8ClF2NO2S/c9-7-4-5(1-2-15(13)14)3-6(12-7)8(10)11/h3-4,8H,1-2H2,(H,13,14)/p-1. The molecule has 7 heteroatoms. The summed E-state index contributed by atoms with van der Waals surface area (Å²) in [4.78, 5) is 3.42. The smallest absolute Gasteiger partial charge is 0.280 e. The molecule has 0 aliphatic heterocycles. The van der Waals surface area contributed by atoms with Gasteiger partial charge in [-0.25, -0.2) is 13.8 Å². The number of alkyl halides is 2. The van der Waals surface area contributed by atoms with E-state index in [9.17, 15) is 17.5 Å². The van der Waals surface area contributed by atoms with Gasteiger partial charge in [0.15, 0.2) is 0 Å². The Morgan fingerprint density at radius 3 is 2.73 bits per heavy atom. The van der Waals surface area contributed by atoms with Crippen molar-refractivity contribution in [2.75, 3.05) is 5.75 Å². The first-order valence-electron chi connectivity index (χ1n) is 3.99. The van der Waals surface area contributed by atoms with Gasteiger partial charge in [-0.3, -0.25) is 4.21 Å². The minimum atomic E-state index is -2.71. The summed E-state index contributed by atoms with van der Waals surface area (Å²) < 4.78 is 45.1. The first kappa shape index (κ1) is 12.5. The molecule has 1 unspecified atom stereocenters. The molecular weight excluding hydrogens is 248 g/mol. The van der Waals surface area contributed by atoms with Crippen LogP contribution in [0, 0.1) is 0 Å². The molecule has 0 bridgehead atoms. The highest BCUT2D eigenvalue weighted by molar-refractivity contribution is 7.79. The number of halogens is 3. The zero-order valence-corrected chi connectivity index (χ0v) is 9.02. The van der Waals surface area contributed by atoms with Crippen molar-refractivity contribution in [1.82, 2.24) is 4.98 Å². The average Bonchev–Trinajstić information content (AvgIpc) is 2.13. The van der Waals surface area contributed by atoms with E-state index in [2.05, 4.69) is 4.98 Å². The quantitative estimate of drug-likeness (QED) is 0.611. The number of aromatic nitrogens is 1. The van der Waals surface area contributed by atoms with E-state index in [-0.39, 0.29) is 17.3 Å². The third-order valence-corrected chi connectivity index (χ3v) is 2.39. The number of aryl methyl sites for hydroxylation is 1. The molecule has 84 valence electrons. The minimum Gasteiger partial charge on any atom is -0.772 e. The molecule has 1 atom stereocenters. The molecule has 15 heavy (non-hydrogen) atoms. The van der Waals surface area contributed by atoms with Crippen molar-refractivity contribution < 1.29 is 17.5 Å². The van der Waals surface area contributed by atoms with Gasteiger partial charge in [-0.15, -0.1) is 0 Å². The summed E-state index contributed by atoms with van der Waals surface area (Å²) in [7, 11) is 0. The monoisotopic (exact) mass is 254 g/mol. The molecule has 0 aliphatic carbocycles. The maximum Gasteiger partial charge on any atom is 0.280 e. The van der Waals surface area contributed by atoms with E-state index < -0.39 is 23.2 Å². The van der Waals surface area contributed by atoms with Crippen LogP contribution >= 0.6 is 11.6 Å². The van der Waals surface area contributed by atoms with Gasteiger partial charge in [-0.05, 0) is 24.1 Å². The van der Waals surface area contributed by atoms with E-state index in [0.29, 0.717) is 5.56 Å². The number of hydrogen-bond acceptors (Lipinski definition) is 3. The second-order valence-electron chi connectivity index (χ2n) is 2.78. The van der Waals surface area contributed by atoms with E-state index in [4.69, 9.17) is 11.6 Å². The van der Waals surface area contributed by atoms with Crippen molar-refractivity contribution in [2.45, 2.75) is 12.8 Å². The summed E-state index contributed by atoms with van der Waals surface area (Å²) in [6, 6.07) is 2.53. The fourth-order valence-electron chi connectivity index (χ4n) is 1.03. The van der Waals surface area contributed by atoms with Gasteiger partial charge in [0.25, 0.3) is 6.43 Å². The lowest BCUT2D eigenvalue weighted by Crippen LogP contribution is -2.01. The van der Waals surface area contributed by atoms with Crippen LogP contribution < -0.4 is 0 Å². The molecule has 0 N–H and O–H groups in total. The van der Waals surface area contributed by atoms with Gasteiger partial charge in [-0.2, -0.15) is 0 Å². The highest BCUT2D eigenvalue weighted by Gasteiger charge is 2.10. The van der Waals surface area contributed by atoms with Crippen molar-refractivity contribution in [3.63, 3.8) is 0 Å². The molecule has 0 radical (unpaired) electrons. The fourth-order valence-corrected chi connectivity index (χ4v) is 1.67. The molecule has 0 aliphatic rings. The van der Waals surface area contributed by atoms with Gasteiger partial charge in [-0.1, -0.05) is 22.7 Å². The molecule has 1 heterocycles. The van der Waals surface area contributed by atoms with Gasteiger partial charge in [0.1, 0.15) is 10.8 Å². The van der Waals surface area contributed by atoms with Crippen LogP contribution in [0.3, 0.4) is 0 Å². The molecule has 0 amide bonds. The number of nitrogens with zero attached hydrogens (tertiary/aromatic N) is 1. The number of hydrogen-bond donors (Lipinski definition) is 0. The van der Waals surface area contributed by atoms with Crippen molar-refractivity contribution in [2.24, 2.45) is 0 Å². The summed E-state index contributed by atoms with van der Waals surface area (Å²) >= 11 is 3.32. The van der Waals surface area contributed by atoms with E-state index in [1.807, 2.05) is 0 Å². The second kappa shape index (κ2) is 5.48. The normalized spacial score (nSPS) is 13.1. The largest absolute Gasteiger partial charge is 0.772 e. The molecule has 0 spiro atoms. The minimum absolute atomic E-state index is 0.0560. The topological polar surface area (TPSA) is 53.0 Å². The van der Waals surface area contributed by atoms with Crippen LogP contribution in [-0.4, -0.2) is 19.5 Å². The van der Waals surface area contributed by atoms with E-state index >= 15 is 0 Å². The Morgan fingerprint density at radius 1 is 1.53 bits per heavy atom. The molecule has 0 saturated heterocycles. The first-order valence-corrected chi connectivity index (χ1v) is 5.61. The molecule has 0 aromatic carbocycles. The molecule has 1 aromatic rings. The third-order valence-electron chi connectivity index (χ3n) is 1.65. The molecule has 1 aromatic heterocycles. The Balaban J connectivity index is 2.84. The van der Waals surface area contributed by atoms with Crippen LogP contribution in [0.15, 0.2) is 12.1 Å². The van der Waals surface area contributed by atoms with E-state index in [0.717, 1.165) is 6.07 Å². The Kier molecular flexibility index (Phi) is 4.56. The number of pyridine rings is 1. The number of rotatable bonds is 4. The summed E-state index contributed by atoms with van der Waals surface area (Å²) in [6.45, 7) is 0. The van der Waals surface area contributed by atoms with Gasteiger partial charge >= 0.3 is 0 Å². The van der Waals surface area contributed by atoms with Gasteiger partial charge in [0.2, 0.25) is 0 Å². The van der Waals surface area contributed by atoms with Gasteiger partial charge in [0, 0.05) is 5.75 Å². The lowest BCUT2D eigenvalue weighted by molar-refractivity contribution is 0.146. The highest BCUT2D eigenvalue weighted by atomic mass is 35.5. The predicted molar refractivity (Wildman–Crippen MR) is 51.7 cm³/mol. The SMILES string of the molecule is O=S([O-])CCc1cc(Cl)nc(C(F)F)c1. The average molecular weight is 255 g/mol. The Morgan fingerprint density at radius 2 is 2.20 bits per heavy atom. The van der Waals surface area contributed by atoms with E-state index in [1.165, 1.54) is 6.07 Å². The van der Waals surface area contributed by atoms with Gasteiger partial charge < -0.3 is 4.55 Å². The summed E-state index contributed by atoms with van der Waals surface area (Å²) in [5.74, 6) is -0.122. The molecule has 3 nitrogen and oxygen atoms in total. The molecule has 1 rings (SSSR count). The zero-order valence-electron chi connectivity index (χ0n) is 7.45. The maximum atomic E-state index is 12.3. The van der Waals surface area contributed by atoms with E-state index in [1.54, 1.807) is 0 Å². The van der Waals surface area contributed by atoms with Crippen LogP contribution in [0.4, 0.5) is 8.78 Å². The lowest BCUT2D eigenvalue weighted by Gasteiger charge is -2.07. The van der Waals surface area contributed by atoms with Crippen molar-refractivity contribution >= 4 is 22.7 Å². The third kappa shape index (κ3) is 4.19. The molecule has 0 saturated carbocycles. The Labute approximate surface area is 92.8 Å². The first-order chi connectivity index (χ1) is 6.99. The van der Waals surface area contributed by atoms with Crippen LogP contribution in [-0.2, 0) is 17.5 Å². The van der Waals surface area contributed by atoms with Crippen LogP contribution in [0.1, 0.15) is 17.7 Å². The Hall–Kier alpha value is -0.590. The van der Waals surface area contributed by atoms with Crippen molar-refractivity contribution in [1.29, 1.82) is 0 Å². The van der Waals surface area contributed by atoms with Crippen LogP contribution in [0.5, 0.6) is 0 Å². The Bertz CT molecular complexity index is 376. The summed E-state index contributed by atoms with van der Waals surface area (Å²) in [5, 5.41) is -0.0560. The fraction of sp³-hybridized carbons (Fsp3) is 0.375.